The predicted octanol–water partition coefficient (Wildman–Crippen LogP) is 1.38. The van der Waals surface area contributed by atoms with E-state index in [1.54, 1.807) is 26.0 Å². The molecule has 1 amide bonds. The van der Waals surface area contributed by atoms with E-state index in [0.29, 0.717) is 0 Å². The summed E-state index contributed by atoms with van der Waals surface area (Å²) in [6.07, 6.45) is 0. The minimum absolute atomic E-state index is 0.0781. The third kappa shape index (κ3) is 5.29. The highest BCUT2D eigenvalue weighted by molar-refractivity contribution is 9.10. The summed E-state index contributed by atoms with van der Waals surface area (Å²) in [6, 6.07) is 5.27. The molecule has 0 bridgehead atoms. The zero-order valence-corrected chi connectivity index (χ0v) is 16.3. The molecule has 24 heavy (non-hydrogen) atoms. The van der Waals surface area contributed by atoms with E-state index in [-0.39, 0.29) is 10.8 Å². The van der Waals surface area contributed by atoms with E-state index in [0.717, 1.165) is 8.78 Å². The van der Waals surface area contributed by atoms with Crippen molar-refractivity contribution in [2.45, 2.75) is 24.8 Å². The van der Waals surface area contributed by atoms with Crippen LogP contribution in [0.25, 0.3) is 0 Å². The first-order valence-corrected chi connectivity index (χ1v) is 9.42. The highest BCUT2D eigenvalue weighted by Gasteiger charge is 2.28. The van der Waals surface area contributed by atoms with Gasteiger partial charge in [0.15, 0.2) is 0 Å². The molecular formula is C15H21BrN2O5S. The summed E-state index contributed by atoms with van der Waals surface area (Å²) in [4.78, 5) is 23.8. The average Bonchev–Trinajstić information content (AvgIpc) is 2.51. The SMILES string of the molecule is COC(=O)C(NC(=O)CN(C)S(=O)(=O)c1ccc(Br)cc1)C(C)C. The van der Waals surface area contributed by atoms with E-state index in [1.807, 2.05) is 0 Å². The number of ether oxygens (including phenoxy) is 1. The average molecular weight is 421 g/mol. The lowest BCUT2D eigenvalue weighted by atomic mass is 10.0. The third-order valence-electron chi connectivity index (χ3n) is 3.33. The Morgan fingerprint density at radius 2 is 1.79 bits per heavy atom. The maximum Gasteiger partial charge on any atom is 0.328 e. The standard InChI is InChI=1S/C15H21BrN2O5S/c1-10(2)14(15(20)23-4)17-13(19)9-18(3)24(21,22)12-7-5-11(16)6-8-12/h5-8,10,14H,9H2,1-4H3,(H,17,19). The molecule has 1 aromatic rings. The molecule has 0 heterocycles. The van der Waals surface area contributed by atoms with Gasteiger partial charge in [-0.05, 0) is 30.2 Å². The van der Waals surface area contributed by atoms with Crippen molar-refractivity contribution in [1.82, 2.24) is 9.62 Å². The number of rotatable bonds is 7. The van der Waals surface area contributed by atoms with Crippen LogP contribution in [0.4, 0.5) is 0 Å². The largest absolute Gasteiger partial charge is 0.467 e. The van der Waals surface area contributed by atoms with Crippen LogP contribution in [0.5, 0.6) is 0 Å². The van der Waals surface area contributed by atoms with Gasteiger partial charge >= 0.3 is 5.97 Å². The van der Waals surface area contributed by atoms with E-state index in [4.69, 9.17) is 0 Å². The van der Waals surface area contributed by atoms with Crippen molar-refractivity contribution < 1.29 is 22.7 Å². The van der Waals surface area contributed by atoms with E-state index in [9.17, 15) is 18.0 Å². The summed E-state index contributed by atoms with van der Waals surface area (Å²) >= 11 is 3.23. The number of nitrogens with one attached hydrogen (secondary N) is 1. The fraction of sp³-hybridized carbons (Fsp3) is 0.467. The Labute approximate surface area is 150 Å². The van der Waals surface area contributed by atoms with Crippen LogP contribution in [-0.2, 0) is 24.3 Å². The number of likely N-dealkylation sites (N-methyl/N-ethyl adjacent to an activating group) is 1. The second-order valence-electron chi connectivity index (χ2n) is 5.53. The van der Waals surface area contributed by atoms with Crippen LogP contribution in [-0.4, -0.2) is 51.3 Å². The molecule has 0 radical (unpaired) electrons. The second kappa shape index (κ2) is 8.59. The highest BCUT2D eigenvalue weighted by Crippen LogP contribution is 2.17. The first kappa shape index (κ1) is 20.6. The number of sulfonamides is 1. The Balaban J connectivity index is 2.82. The van der Waals surface area contributed by atoms with Crippen LogP contribution < -0.4 is 5.32 Å². The Hall–Kier alpha value is -1.45. The molecule has 7 nitrogen and oxygen atoms in total. The molecule has 0 fully saturated rings. The van der Waals surface area contributed by atoms with Gasteiger partial charge in [-0.2, -0.15) is 4.31 Å². The van der Waals surface area contributed by atoms with Gasteiger partial charge in [0.1, 0.15) is 6.04 Å². The van der Waals surface area contributed by atoms with Gasteiger partial charge in [-0.3, -0.25) is 4.79 Å². The number of benzene rings is 1. The third-order valence-corrected chi connectivity index (χ3v) is 5.67. The van der Waals surface area contributed by atoms with E-state index < -0.39 is 34.5 Å². The summed E-state index contributed by atoms with van der Waals surface area (Å²) in [5.74, 6) is -1.34. The molecule has 9 heteroatoms. The second-order valence-corrected chi connectivity index (χ2v) is 8.49. The molecule has 1 N–H and O–H groups in total. The summed E-state index contributed by atoms with van der Waals surface area (Å²) in [5.41, 5.74) is 0. The van der Waals surface area contributed by atoms with E-state index >= 15 is 0 Å². The molecule has 1 aromatic carbocycles. The number of hydrogen-bond acceptors (Lipinski definition) is 5. The minimum Gasteiger partial charge on any atom is -0.467 e. The molecule has 0 saturated heterocycles. The lowest BCUT2D eigenvalue weighted by Crippen LogP contribution is -2.48. The van der Waals surface area contributed by atoms with Crippen molar-refractivity contribution in [1.29, 1.82) is 0 Å². The van der Waals surface area contributed by atoms with Crippen LogP contribution >= 0.6 is 15.9 Å². The Morgan fingerprint density at radius 1 is 1.25 bits per heavy atom. The number of carbonyl (C=O) groups is 2. The number of halogens is 1. The van der Waals surface area contributed by atoms with Crippen LogP contribution in [0.1, 0.15) is 13.8 Å². The molecule has 0 spiro atoms. The molecule has 1 atom stereocenters. The maximum atomic E-state index is 12.4. The Morgan fingerprint density at radius 3 is 2.25 bits per heavy atom. The van der Waals surface area contributed by atoms with Crippen LogP contribution in [0, 0.1) is 5.92 Å². The topological polar surface area (TPSA) is 92.8 Å². The maximum absolute atomic E-state index is 12.4. The fourth-order valence-electron chi connectivity index (χ4n) is 1.92. The number of hydrogen-bond donors (Lipinski definition) is 1. The van der Waals surface area contributed by atoms with Gasteiger partial charge in [0.05, 0.1) is 18.6 Å². The Kier molecular flexibility index (Phi) is 7.37. The lowest BCUT2D eigenvalue weighted by molar-refractivity contribution is -0.146. The molecule has 0 aliphatic carbocycles. The van der Waals surface area contributed by atoms with Crippen molar-refractivity contribution >= 4 is 37.8 Å². The number of carbonyl (C=O) groups excluding carboxylic acids is 2. The number of methoxy groups -OCH3 is 1. The zero-order valence-electron chi connectivity index (χ0n) is 13.9. The number of nitrogens with zero attached hydrogens (tertiary/aromatic N) is 1. The van der Waals surface area contributed by atoms with Crippen molar-refractivity contribution in [3.63, 3.8) is 0 Å². The minimum atomic E-state index is -3.80. The number of esters is 1. The summed E-state index contributed by atoms with van der Waals surface area (Å²) < 4.78 is 31.2. The number of amides is 1. The first-order chi connectivity index (χ1) is 11.1. The molecule has 0 aliphatic heterocycles. The molecule has 134 valence electrons. The molecule has 0 aliphatic rings. The molecular weight excluding hydrogens is 400 g/mol. The smallest absolute Gasteiger partial charge is 0.328 e. The van der Waals surface area contributed by atoms with Gasteiger partial charge in [0.2, 0.25) is 15.9 Å². The predicted molar refractivity (Wildman–Crippen MR) is 92.7 cm³/mol. The normalized spacial score (nSPS) is 13.0. The van der Waals surface area contributed by atoms with Crippen LogP contribution in [0.3, 0.4) is 0 Å². The van der Waals surface area contributed by atoms with E-state index in [1.165, 1.54) is 26.3 Å². The Bertz CT molecular complexity index is 688. The highest BCUT2D eigenvalue weighted by atomic mass is 79.9. The van der Waals surface area contributed by atoms with Gasteiger partial charge in [-0.25, -0.2) is 13.2 Å². The molecule has 1 rings (SSSR count). The van der Waals surface area contributed by atoms with Gasteiger partial charge in [-0.15, -0.1) is 0 Å². The molecule has 0 aromatic heterocycles. The lowest BCUT2D eigenvalue weighted by Gasteiger charge is -2.22. The first-order valence-electron chi connectivity index (χ1n) is 7.18. The van der Waals surface area contributed by atoms with Gasteiger partial charge in [-0.1, -0.05) is 29.8 Å². The van der Waals surface area contributed by atoms with Crippen molar-refractivity contribution in [2.75, 3.05) is 20.7 Å². The molecule has 0 saturated carbocycles. The van der Waals surface area contributed by atoms with Gasteiger partial charge < -0.3 is 10.1 Å². The summed E-state index contributed by atoms with van der Waals surface area (Å²) in [6.45, 7) is 3.10. The van der Waals surface area contributed by atoms with Crippen LogP contribution in [0.2, 0.25) is 0 Å². The van der Waals surface area contributed by atoms with Gasteiger partial charge in [0.25, 0.3) is 0 Å². The fourth-order valence-corrected chi connectivity index (χ4v) is 3.31. The summed E-state index contributed by atoms with van der Waals surface area (Å²) in [7, 11) is -1.26. The van der Waals surface area contributed by atoms with E-state index in [2.05, 4.69) is 26.0 Å². The van der Waals surface area contributed by atoms with Crippen molar-refractivity contribution in [3.8, 4) is 0 Å². The zero-order chi connectivity index (χ0) is 18.5. The quantitative estimate of drug-likeness (QED) is 0.672. The van der Waals surface area contributed by atoms with Crippen molar-refractivity contribution in [2.24, 2.45) is 5.92 Å². The summed E-state index contributed by atoms with van der Waals surface area (Å²) in [5, 5.41) is 2.50. The van der Waals surface area contributed by atoms with Crippen molar-refractivity contribution in [3.05, 3.63) is 28.7 Å². The van der Waals surface area contributed by atoms with Crippen LogP contribution in [0.15, 0.2) is 33.6 Å². The molecule has 1 unspecified atom stereocenters. The monoisotopic (exact) mass is 420 g/mol. The van der Waals surface area contributed by atoms with Gasteiger partial charge in [0, 0.05) is 11.5 Å².